The molecule has 6 nitrogen and oxygen atoms in total. The van der Waals surface area contributed by atoms with Crippen LogP contribution in [0.5, 0.6) is 5.75 Å². The van der Waals surface area contributed by atoms with Crippen LogP contribution in [0.2, 0.25) is 0 Å². The van der Waals surface area contributed by atoms with Gasteiger partial charge in [0, 0.05) is 12.0 Å². The van der Waals surface area contributed by atoms with Crippen LogP contribution in [0.15, 0.2) is 48.5 Å². The van der Waals surface area contributed by atoms with Crippen molar-refractivity contribution in [1.29, 1.82) is 0 Å². The average Bonchev–Trinajstić information content (AvgIpc) is 2.64. The van der Waals surface area contributed by atoms with Crippen molar-refractivity contribution in [2.45, 2.75) is 58.1 Å². The highest BCUT2D eigenvalue weighted by Gasteiger charge is 2.35. The van der Waals surface area contributed by atoms with Crippen LogP contribution in [-0.4, -0.2) is 32.7 Å². The van der Waals surface area contributed by atoms with Crippen LogP contribution in [0, 0.1) is 0 Å². The Morgan fingerprint density at radius 2 is 1.74 bits per heavy atom. The molecule has 1 atom stereocenters. The molecule has 1 N–H and O–H groups in total. The SMILES string of the molecule is CC1(C)C[C@H](NC(=O)CN(c2ccc(C(C)(C)C)cc2)S(C)(=O)=O)c2ccccc2O1. The molecule has 0 aromatic heterocycles. The quantitative estimate of drug-likeness (QED) is 0.751. The van der Waals surface area contributed by atoms with Gasteiger partial charge in [-0.05, 0) is 43.0 Å². The highest BCUT2D eigenvalue weighted by molar-refractivity contribution is 7.92. The lowest BCUT2D eigenvalue weighted by Crippen LogP contribution is -2.45. The van der Waals surface area contributed by atoms with Gasteiger partial charge in [-0.2, -0.15) is 0 Å². The third-order valence-corrected chi connectivity index (χ3v) is 6.56. The summed E-state index contributed by atoms with van der Waals surface area (Å²) in [6.45, 7) is 9.95. The fourth-order valence-corrected chi connectivity index (χ4v) is 4.69. The molecule has 0 saturated heterocycles. The largest absolute Gasteiger partial charge is 0.487 e. The number of anilines is 1. The van der Waals surface area contributed by atoms with E-state index in [0.717, 1.165) is 27.4 Å². The summed E-state index contributed by atoms with van der Waals surface area (Å²) in [4.78, 5) is 12.9. The second kappa shape index (κ2) is 8.19. The summed E-state index contributed by atoms with van der Waals surface area (Å²) >= 11 is 0. The molecule has 0 aliphatic carbocycles. The fraction of sp³-hybridized carbons (Fsp3) is 0.458. The van der Waals surface area contributed by atoms with E-state index in [2.05, 4.69) is 26.1 Å². The molecule has 7 heteroatoms. The lowest BCUT2D eigenvalue weighted by Gasteiger charge is -2.38. The summed E-state index contributed by atoms with van der Waals surface area (Å²) in [5.74, 6) is 0.379. The Bertz CT molecular complexity index is 1050. The first-order valence-electron chi connectivity index (χ1n) is 10.4. The van der Waals surface area contributed by atoms with Gasteiger partial charge in [-0.15, -0.1) is 0 Å². The molecule has 0 spiro atoms. The van der Waals surface area contributed by atoms with Crippen molar-refractivity contribution in [3.8, 4) is 5.75 Å². The number of benzene rings is 2. The monoisotopic (exact) mass is 444 g/mol. The number of nitrogens with one attached hydrogen (secondary N) is 1. The van der Waals surface area contributed by atoms with E-state index in [1.165, 1.54) is 0 Å². The smallest absolute Gasteiger partial charge is 0.241 e. The second-order valence-corrected chi connectivity index (χ2v) is 11.7. The third kappa shape index (κ3) is 5.58. The number of amides is 1. The van der Waals surface area contributed by atoms with Crippen molar-refractivity contribution in [2.75, 3.05) is 17.1 Å². The highest BCUT2D eigenvalue weighted by atomic mass is 32.2. The molecule has 1 aliphatic heterocycles. The average molecular weight is 445 g/mol. The van der Waals surface area contributed by atoms with E-state index in [-0.39, 0.29) is 23.9 Å². The zero-order chi connectivity index (χ0) is 23.0. The first-order chi connectivity index (χ1) is 14.3. The molecule has 0 unspecified atom stereocenters. The minimum absolute atomic E-state index is 0.0466. The van der Waals surface area contributed by atoms with Crippen molar-refractivity contribution in [1.82, 2.24) is 5.32 Å². The summed E-state index contributed by atoms with van der Waals surface area (Å²) < 4.78 is 32.1. The van der Waals surface area contributed by atoms with Crippen molar-refractivity contribution in [3.63, 3.8) is 0 Å². The Kier molecular flexibility index (Phi) is 6.11. The lowest BCUT2D eigenvalue weighted by molar-refractivity contribution is -0.120. The summed E-state index contributed by atoms with van der Waals surface area (Å²) in [5.41, 5.74) is 1.98. The fourth-order valence-electron chi connectivity index (χ4n) is 3.83. The topological polar surface area (TPSA) is 75.7 Å². The molecular weight excluding hydrogens is 412 g/mol. The van der Waals surface area contributed by atoms with Crippen LogP contribution in [0.1, 0.15) is 58.2 Å². The molecule has 1 heterocycles. The molecular formula is C24H32N2O4S. The van der Waals surface area contributed by atoms with Gasteiger partial charge < -0.3 is 10.1 Å². The zero-order valence-corrected chi connectivity index (χ0v) is 19.9. The maximum absolute atomic E-state index is 12.9. The molecule has 0 radical (unpaired) electrons. The van der Waals surface area contributed by atoms with E-state index in [1.54, 1.807) is 12.1 Å². The molecule has 0 saturated carbocycles. The number of hydrogen-bond acceptors (Lipinski definition) is 4. The van der Waals surface area contributed by atoms with E-state index >= 15 is 0 Å². The molecule has 1 amide bonds. The van der Waals surface area contributed by atoms with Gasteiger partial charge in [0.2, 0.25) is 15.9 Å². The van der Waals surface area contributed by atoms with Gasteiger partial charge in [-0.3, -0.25) is 9.10 Å². The Hall–Kier alpha value is -2.54. The van der Waals surface area contributed by atoms with Crippen LogP contribution in [0.3, 0.4) is 0 Å². The minimum atomic E-state index is -3.64. The molecule has 31 heavy (non-hydrogen) atoms. The van der Waals surface area contributed by atoms with Gasteiger partial charge in [0.15, 0.2) is 0 Å². The van der Waals surface area contributed by atoms with E-state index in [0.29, 0.717) is 12.1 Å². The number of ether oxygens (including phenoxy) is 1. The van der Waals surface area contributed by atoms with Gasteiger partial charge in [0.1, 0.15) is 17.9 Å². The normalized spacial score (nSPS) is 17.9. The predicted octanol–water partition coefficient (Wildman–Crippen LogP) is 4.17. The van der Waals surface area contributed by atoms with Crippen molar-refractivity contribution < 1.29 is 17.9 Å². The van der Waals surface area contributed by atoms with Crippen molar-refractivity contribution >= 4 is 21.6 Å². The zero-order valence-electron chi connectivity index (χ0n) is 19.1. The number of nitrogens with zero attached hydrogens (tertiary/aromatic N) is 1. The van der Waals surface area contributed by atoms with Crippen molar-refractivity contribution in [3.05, 3.63) is 59.7 Å². The molecule has 0 bridgehead atoms. The minimum Gasteiger partial charge on any atom is -0.487 e. The summed E-state index contributed by atoms with van der Waals surface area (Å²) in [6, 6.07) is 14.7. The number of para-hydroxylation sites is 1. The standard InChI is InChI=1S/C24H32N2O4S/c1-23(2,3)17-11-13-18(14-12-17)26(31(6,28)29)16-22(27)25-20-15-24(4,5)30-21-10-8-7-9-19(20)21/h7-14,20H,15-16H2,1-6H3,(H,25,27)/t20-/m0/s1. The third-order valence-electron chi connectivity index (χ3n) is 5.42. The molecule has 168 valence electrons. The van der Waals surface area contributed by atoms with Gasteiger partial charge >= 0.3 is 0 Å². The van der Waals surface area contributed by atoms with Crippen LogP contribution < -0.4 is 14.4 Å². The Morgan fingerprint density at radius 1 is 1.13 bits per heavy atom. The molecule has 1 aliphatic rings. The summed E-state index contributed by atoms with van der Waals surface area (Å²) in [5, 5.41) is 3.01. The van der Waals surface area contributed by atoms with Crippen LogP contribution >= 0.6 is 0 Å². The van der Waals surface area contributed by atoms with Crippen LogP contribution in [0.4, 0.5) is 5.69 Å². The Labute approximate surface area is 185 Å². The van der Waals surface area contributed by atoms with Gasteiger partial charge in [-0.25, -0.2) is 8.42 Å². The number of carbonyl (C=O) groups excluding carboxylic acids is 1. The highest BCUT2D eigenvalue weighted by Crippen LogP contribution is 2.39. The van der Waals surface area contributed by atoms with Crippen LogP contribution in [0.25, 0.3) is 0 Å². The molecule has 3 rings (SSSR count). The van der Waals surface area contributed by atoms with E-state index in [1.807, 2.05) is 50.2 Å². The maximum Gasteiger partial charge on any atom is 0.241 e. The number of sulfonamides is 1. The van der Waals surface area contributed by atoms with E-state index < -0.39 is 15.6 Å². The maximum atomic E-state index is 12.9. The van der Waals surface area contributed by atoms with Crippen LogP contribution in [-0.2, 0) is 20.2 Å². The van der Waals surface area contributed by atoms with E-state index in [9.17, 15) is 13.2 Å². The Morgan fingerprint density at radius 3 is 2.32 bits per heavy atom. The van der Waals surface area contributed by atoms with Gasteiger partial charge in [-0.1, -0.05) is 51.1 Å². The molecule has 2 aromatic carbocycles. The number of rotatable bonds is 5. The van der Waals surface area contributed by atoms with Gasteiger partial charge in [0.05, 0.1) is 18.0 Å². The molecule has 2 aromatic rings. The number of hydrogen-bond donors (Lipinski definition) is 1. The van der Waals surface area contributed by atoms with Gasteiger partial charge in [0.25, 0.3) is 0 Å². The number of carbonyl (C=O) groups is 1. The number of fused-ring (bicyclic) bond motifs is 1. The lowest BCUT2D eigenvalue weighted by atomic mass is 9.87. The first kappa shape index (κ1) is 23.1. The first-order valence-corrected chi connectivity index (χ1v) is 12.3. The predicted molar refractivity (Wildman–Crippen MR) is 124 cm³/mol. The van der Waals surface area contributed by atoms with E-state index in [4.69, 9.17) is 4.74 Å². The second-order valence-electron chi connectivity index (χ2n) is 9.79. The van der Waals surface area contributed by atoms with Crippen molar-refractivity contribution in [2.24, 2.45) is 0 Å². The molecule has 0 fully saturated rings. The summed E-state index contributed by atoms with van der Waals surface area (Å²) in [7, 11) is -3.64. The Balaban J connectivity index is 1.81. The summed E-state index contributed by atoms with van der Waals surface area (Å²) in [6.07, 6.45) is 1.71.